The van der Waals surface area contributed by atoms with Gasteiger partial charge in [0.05, 0.1) is 15.3 Å². The third-order valence-corrected chi connectivity index (χ3v) is 5.49. The first-order chi connectivity index (χ1) is 10.1. The maximum atomic E-state index is 4.94. The monoisotopic (exact) mass is 401 g/mol. The minimum Gasteiger partial charge on any atom is -0.372 e. The standard InChI is InChI=1S/C15H24IN5/c1-10(2)8-11-13(16)15(17-3)19-14(18-11)12-9-20-4-6-21(12)7-5-20/h10,12H,4-9H2,1-3H3,(H,17,18,19). The molecule has 1 aromatic rings. The molecule has 0 aromatic carbocycles. The van der Waals surface area contributed by atoms with E-state index in [1.165, 1.54) is 22.4 Å². The van der Waals surface area contributed by atoms with E-state index in [-0.39, 0.29) is 0 Å². The molecule has 0 aliphatic carbocycles. The second-order valence-corrected chi connectivity index (χ2v) is 7.47. The highest BCUT2D eigenvalue weighted by atomic mass is 127. The third-order valence-electron chi connectivity index (χ3n) is 4.35. The molecule has 116 valence electrons. The van der Waals surface area contributed by atoms with Crippen molar-refractivity contribution in [2.24, 2.45) is 5.92 Å². The summed E-state index contributed by atoms with van der Waals surface area (Å²) in [6.07, 6.45) is 1.01. The Morgan fingerprint density at radius 2 is 1.95 bits per heavy atom. The fraction of sp³-hybridized carbons (Fsp3) is 0.733. The molecule has 0 amide bonds. The Bertz CT molecular complexity index is 511. The smallest absolute Gasteiger partial charge is 0.149 e. The molecule has 1 unspecified atom stereocenters. The average Bonchev–Trinajstić information content (AvgIpc) is 2.50. The van der Waals surface area contributed by atoms with Crippen LogP contribution < -0.4 is 5.32 Å². The van der Waals surface area contributed by atoms with Crippen LogP contribution in [0.3, 0.4) is 0 Å². The van der Waals surface area contributed by atoms with Crippen molar-refractivity contribution in [1.82, 2.24) is 19.8 Å². The molecule has 1 N–H and O–H groups in total. The Labute approximate surface area is 140 Å². The summed E-state index contributed by atoms with van der Waals surface area (Å²) in [6, 6.07) is 0.363. The van der Waals surface area contributed by atoms with Gasteiger partial charge in [-0.2, -0.15) is 0 Å². The summed E-state index contributed by atoms with van der Waals surface area (Å²) in [6.45, 7) is 10.2. The number of fused-ring (bicyclic) bond motifs is 3. The van der Waals surface area contributed by atoms with Gasteiger partial charge in [0.1, 0.15) is 11.6 Å². The van der Waals surface area contributed by atoms with Crippen molar-refractivity contribution in [3.05, 3.63) is 15.1 Å². The number of anilines is 1. The molecular formula is C15H24IN5. The summed E-state index contributed by atoms with van der Waals surface area (Å²) in [5, 5.41) is 3.24. The van der Waals surface area contributed by atoms with E-state index in [0.29, 0.717) is 12.0 Å². The van der Waals surface area contributed by atoms with Crippen molar-refractivity contribution in [3.63, 3.8) is 0 Å². The number of halogens is 1. The second-order valence-electron chi connectivity index (χ2n) is 6.39. The normalized spacial score (nSPS) is 28.1. The van der Waals surface area contributed by atoms with Crippen LogP contribution in [0.2, 0.25) is 0 Å². The van der Waals surface area contributed by atoms with Crippen LogP contribution in [0.4, 0.5) is 5.82 Å². The van der Waals surface area contributed by atoms with Crippen LogP contribution in [-0.2, 0) is 6.42 Å². The van der Waals surface area contributed by atoms with Gasteiger partial charge in [-0.25, -0.2) is 9.97 Å². The molecular weight excluding hydrogens is 377 g/mol. The molecule has 3 aliphatic rings. The van der Waals surface area contributed by atoms with E-state index in [4.69, 9.17) is 9.97 Å². The van der Waals surface area contributed by atoms with E-state index in [9.17, 15) is 0 Å². The SMILES string of the molecule is CNc1nc(C2CN3CCN2CC3)nc(CC(C)C)c1I. The van der Waals surface area contributed by atoms with Crippen LogP contribution >= 0.6 is 22.6 Å². The van der Waals surface area contributed by atoms with Gasteiger partial charge in [0.15, 0.2) is 0 Å². The molecule has 4 heterocycles. The molecule has 3 saturated heterocycles. The van der Waals surface area contributed by atoms with Crippen molar-refractivity contribution in [2.75, 3.05) is 45.1 Å². The van der Waals surface area contributed by atoms with Gasteiger partial charge in [-0.05, 0) is 34.9 Å². The van der Waals surface area contributed by atoms with Crippen molar-refractivity contribution in [1.29, 1.82) is 0 Å². The lowest BCUT2D eigenvalue weighted by Gasteiger charge is -2.46. The number of nitrogens with zero attached hydrogens (tertiary/aromatic N) is 4. The first-order valence-electron chi connectivity index (χ1n) is 7.79. The van der Waals surface area contributed by atoms with E-state index >= 15 is 0 Å². The molecule has 3 fully saturated rings. The van der Waals surface area contributed by atoms with Gasteiger partial charge in [0, 0.05) is 39.8 Å². The molecule has 21 heavy (non-hydrogen) atoms. The fourth-order valence-electron chi connectivity index (χ4n) is 3.21. The molecule has 0 radical (unpaired) electrons. The number of piperazine rings is 3. The molecule has 0 saturated carbocycles. The van der Waals surface area contributed by atoms with E-state index in [1.807, 2.05) is 7.05 Å². The zero-order chi connectivity index (χ0) is 15.0. The van der Waals surface area contributed by atoms with Gasteiger partial charge in [-0.3, -0.25) is 9.80 Å². The van der Waals surface area contributed by atoms with Gasteiger partial charge < -0.3 is 5.32 Å². The van der Waals surface area contributed by atoms with Gasteiger partial charge >= 0.3 is 0 Å². The zero-order valence-electron chi connectivity index (χ0n) is 13.1. The van der Waals surface area contributed by atoms with Crippen molar-refractivity contribution in [3.8, 4) is 0 Å². The number of aromatic nitrogens is 2. The lowest BCUT2D eigenvalue weighted by atomic mass is 10.1. The van der Waals surface area contributed by atoms with Crippen molar-refractivity contribution < 1.29 is 0 Å². The minimum absolute atomic E-state index is 0.363. The Morgan fingerprint density at radius 1 is 1.24 bits per heavy atom. The summed E-state index contributed by atoms with van der Waals surface area (Å²) in [4.78, 5) is 14.8. The largest absolute Gasteiger partial charge is 0.372 e. The molecule has 1 aromatic heterocycles. The van der Waals surface area contributed by atoms with Gasteiger partial charge in [0.25, 0.3) is 0 Å². The number of hydrogen-bond acceptors (Lipinski definition) is 5. The Kier molecular flexibility index (Phi) is 4.66. The molecule has 6 heteroatoms. The first kappa shape index (κ1) is 15.4. The fourth-order valence-corrected chi connectivity index (χ4v) is 3.94. The van der Waals surface area contributed by atoms with Crippen LogP contribution in [0, 0.1) is 9.49 Å². The van der Waals surface area contributed by atoms with E-state index in [2.05, 4.69) is 51.6 Å². The van der Waals surface area contributed by atoms with Crippen molar-refractivity contribution in [2.45, 2.75) is 26.3 Å². The highest BCUT2D eigenvalue weighted by molar-refractivity contribution is 14.1. The number of nitrogens with one attached hydrogen (secondary N) is 1. The third kappa shape index (κ3) is 3.17. The number of hydrogen-bond donors (Lipinski definition) is 1. The molecule has 0 spiro atoms. The highest BCUT2D eigenvalue weighted by Crippen LogP contribution is 2.30. The van der Waals surface area contributed by atoms with E-state index in [1.54, 1.807) is 0 Å². The van der Waals surface area contributed by atoms with Crippen LogP contribution in [0.5, 0.6) is 0 Å². The predicted octanol–water partition coefficient (Wildman–Crippen LogP) is 1.99. The number of rotatable bonds is 4. The second kappa shape index (κ2) is 6.34. The molecule has 5 nitrogen and oxygen atoms in total. The van der Waals surface area contributed by atoms with Gasteiger partial charge in [-0.1, -0.05) is 13.8 Å². The topological polar surface area (TPSA) is 44.3 Å². The predicted molar refractivity (Wildman–Crippen MR) is 93.6 cm³/mol. The highest BCUT2D eigenvalue weighted by Gasteiger charge is 2.35. The molecule has 2 bridgehead atoms. The van der Waals surface area contributed by atoms with Crippen LogP contribution in [-0.4, -0.2) is 59.5 Å². The zero-order valence-corrected chi connectivity index (χ0v) is 15.2. The van der Waals surface area contributed by atoms with Crippen LogP contribution in [0.25, 0.3) is 0 Å². The van der Waals surface area contributed by atoms with Crippen molar-refractivity contribution >= 4 is 28.4 Å². The minimum atomic E-state index is 0.363. The molecule has 3 aliphatic heterocycles. The Hall–Kier alpha value is -0.470. The lowest BCUT2D eigenvalue weighted by molar-refractivity contribution is 0.00859. The first-order valence-corrected chi connectivity index (χ1v) is 8.86. The summed E-state index contributed by atoms with van der Waals surface area (Å²) < 4.78 is 1.17. The molecule has 1 atom stereocenters. The Balaban J connectivity index is 1.94. The average molecular weight is 401 g/mol. The van der Waals surface area contributed by atoms with Gasteiger partial charge in [0.2, 0.25) is 0 Å². The lowest BCUT2D eigenvalue weighted by Crippen LogP contribution is -2.57. The summed E-state index contributed by atoms with van der Waals surface area (Å²) >= 11 is 2.37. The summed E-state index contributed by atoms with van der Waals surface area (Å²) in [7, 11) is 1.95. The summed E-state index contributed by atoms with van der Waals surface area (Å²) in [5.41, 5.74) is 1.19. The van der Waals surface area contributed by atoms with E-state index < -0.39 is 0 Å². The maximum Gasteiger partial charge on any atom is 0.149 e. The summed E-state index contributed by atoms with van der Waals surface area (Å²) in [5.74, 6) is 2.59. The maximum absolute atomic E-state index is 4.94. The van der Waals surface area contributed by atoms with Crippen LogP contribution in [0.15, 0.2) is 0 Å². The van der Waals surface area contributed by atoms with Crippen LogP contribution in [0.1, 0.15) is 31.4 Å². The molecule has 4 rings (SSSR count). The van der Waals surface area contributed by atoms with E-state index in [0.717, 1.165) is 37.7 Å². The quantitative estimate of drug-likeness (QED) is 0.782. The van der Waals surface area contributed by atoms with Gasteiger partial charge in [-0.15, -0.1) is 0 Å². The Morgan fingerprint density at radius 3 is 2.48 bits per heavy atom.